The largest absolute Gasteiger partial charge is 0.481 e. The molecule has 1 aliphatic heterocycles. The van der Waals surface area contributed by atoms with Crippen molar-refractivity contribution in [2.75, 3.05) is 26.2 Å². The molecule has 0 aromatic heterocycles. The minimum absolute atomic E-state index is 0.0171. The van der Waals surface area contributed by atoms with Gasteiger partial charge in [-0.2, -0.15) is 0 Å². The summed E-state index contributed by atoms with van der Waals surface area (Å²) in [5.41, 5.74) is 0. The molecule has 21 heavy (non-hydrogen) atoms. The number of hydrogen-bond donors (Lipinski definition) is 3. The van der Waals surface area contributed by atoms with E-state index in [-0.39, 0.29) is 18.4 Å². The number of nitrogens with one attached hydrogen (secondary N) is 2. The molecule has 0 saturated carbocycles. The summed E-state index contributed by atoms with van der Waals surface area (Å²) >= 11 is 0. The number of piperidine rings is 1. The summed E-state index contributed by atoms with van der Waals surface area (Å²) in [6, 6.07) is -0.0803. The van der Waals surface area contributed by atoms with Crippen molar-refractivity contribution in [2.24, 2.45) is 5.92 Å². The molecule has 0 spiro atoms. The molecule has 0 aromatic rings. The summed E-state index contributed by atoms with van der Waals surface area (Å²) < 4.78 is 0. The number of carboxylic acids is 1. The van der Waals surface area contributed by atoms with Gasteiger partial charge >= 0.3 is 12.0 Å². The van der Waals surface area contributed by atoms with Crippen LogP contribution >= 0.6 is 0 Å². The van der Waals surface area contributed by atoms with E-state index < -0.39 is 5.97 Å². The number of aliphatic carboxylic acids is 1. The average molecular weight is 299 g/mol. The van der Waals surface area contributed by atoms with Crippen molar-refractivity contribution in [1.29, 1.82) is 0 Å². The van der Waals surface area contributed by atoms with Crippen molar-refractivity contribution in [3.8, 4) is 0 Å². The number of unbranched alkanes of at least 4 members (excludes halogenated alkanes) is 1. The lowest BCUT2D eigenvalue weighted by atomic mass is 9.97. The summed E-state index contributed by atoms with van der Waals surface area (Å²) in [6.07, 6.45) is 3.19. The van der Waals surface area contributed by atoms with Gasteiger partial charge in [-0.25, -0.2) is 4.79 Å². The van der Waals surface area contributed by atoms with Crippen molar-refractivity contribution >= 4 is 17.9 Å². The zero-order valence-corrected chi connectivity index (χ0v) is 12.6. The SMILES string of the molecule is CC(=O)NCC1CCN(C(=O)NCCCCC(=O)O)CC1. The quantitative estimate of drug-likeness (QED) is 0.605. The van der Waals surface area contributed by atoms with Crippen molar-refractivity contribution in [2.45, 2.75) is 39.0 Å². The van der Waals surface area contributed by atoms with Crippen LogP contribution in [0.2, 0.25) is 0 Å². The van der Waals surface area contributed by atoms with E-state index in [4.69, 9.17) is 5.11 Å². The summed E-state index contributed by atoms with van der Waals surface area (Å²) in [7, 11) is 0. The highest BCUT2D eigenvalue weighted by Gasteiger charge is 2.22. The Labute approximate surface area is 125 Å². The predicted octanol–water partition coefficient (Wildman–Crippen LogP) is 0.799. The number of carboxylic acid groups (broad SMARTS) is 1. The van der Waals surface area contributed by atoms with Gasteiger partial charge in [-0.15, -0.1) is 0 Å². The van der Waals surface area contributed by atoms with Crippen LogP contribution in [-0.2, 0) is 9.59 Å². The Balaban J connectivity index is 2.11. The first-order valence-corrected chi connectivity index (χ1v) is 7.48. The molecule has 1 saturated heterocycles. The number of rotatable bonds is 7. The average Bonchev–Trinajstić information content (AvgIpc) is 2.44. The van der Waals surface area contributed by atoms with Crippen LogP contribution < -0.4 is 10.6 Å². The molecule has 3 N–H and O–H groups in total. The van der Waals surface area contributed by atoms with Crippen LogP contribution in [0.4, 0.5) is 4.79 Å². The highest BCUT2D eigenvalue weighted by molar-refractivity contribution is 5.74. The smallest absolute Gasteiger partial charge is 0.317 e. The molecule has 120 valence electrons. The summed E-state index contributed by atoms with van der Waals surface area (Å²) in [6.45, 7) is 4.10. The fourth-order valence-electron chi connectivity index (χ4n) is 2.34. The van der Waals surface area contributed by atoms with Crippen LogP contribution in [0.1, 0.15) is 39.0 Å². The van der Waals surface area contributed by atoms with Gasteiger partial charge in [0.1, 0.15) is 0 Å². The standard InChI is InChI=1S/C14H25N3O4/c1-11(18)16-10-12-5-8-17(9-6-12)14(21)15-7-3-2-4-13(19)20/h12H,2-10H2,1H3,(H,15,21)(H,16,18)(H,19,20). The van der Waals surface area contributed by atoms with Crippen LogP contribution in [0.3, 0.4) is 0 Å². The van der Waals surface area contributed by atoms with Crippen molar-refractivity contribution in [3.63, 3.8) is 0 Å². The lowest BCUT2D eigenvalue weighted by molar-refractivity contribution is -0.137. The van der Waals surface area contributed by atoms with Gasteiger partial charge in [0.15, 0.2) is 0 Å². The molecule has 0 atom stereocenters. The highest BCUT2D eigenvalue weighted by Crippen LogP contribution is 2.16. The molecular formula is C14H25N3O4. The Kier molecular flexibility index (Phi) is 7.56. The Morgan fingerprint density at radius 2 is 1.81 bits per heavy atom. The topological polar surface area (TPSA) is 98.7 Å². The first-order chi connectivity index (χ1) is 9.99. The third-order valence-corrected chi connectivity index (χ3v) is 3.64. The van der Waals surface area contributed by atoms with Gasteiger partial charge in [-0.1, -0.05) is 0 Å². The van der Waals surface area contributed by atoms with Crippen LogP contribution in [0.5, 0.6) is 0 Å². The zero-order chi connectivity index (χ0) is 15.7. The van der Waals surface area contributed by atoms with Gasteiger partial charge in [0.05, 0.1) is 0 Å². The van der Waals surface area contributed by atoms with Crippen molar-refractivity contribution < 1.29 is 19.5 Å². The molecule has 0 bridgehead atoms. The van der Waals surface area contributed by atoms with E-state index in [1.54, 1.807) is 4.90 Å². The Morgan fingerprint density at radius 1 is 1.14 bits per heavy atom. The number of nitrogens with zero attached hydrogens (tertiary/aromatic N) is 1. The first kappa shape index (κ1) is 17.3. The van der Waals surface area contributed by atoms with Gasteiger partial charge in [0, 0.05) is 39.5 Å². The van der Waals surface area contributed by atoms with Crippen LogP contribution in [0.15, 0.2) is 0 Å². The van der Waals surface area contributed by atoms with Crippen LogP contribution in [0.25, 0.3) is 0 Å². The lowest BCUT2D eigenvalue weighted by Crippen LogP contribution is -2.46. The first-order valence-electron chi connectivity index (χ1n) is 7.48. The van der Waals surface area contributed by atoms with E-state index in [1.165, 1.54) is 6.92 Å². The molecule has 1 fully saturated rings. The van der Waals surface area contributed by atoms with Crippen LogP contribution in [0, 0.1) is 5.92 Å². The van der Waals surface area contributed by atoms with E-state index in [0.29, 0.717) is 44.9 Å². The molecular weight excluding hydrogens is 274 g/mol. The maximum Gasteiger partial charge on any atom is 0.317 e. The van der Waals surface area contributed by atoms with Gasteiger partial charge in [0.25, 0.3) is 0 Å². The van der Waals surface area contributed by atoms with E-state index in [1.807, 2.05) is 0 Å². The van der Waals surface area contributed by atoms with E-state index in [0.717, 1.165) is 12.8 Å². The molecule has 7 nitrogen and oxygen atoms in total. The summed E-state index contributed by atoms with van der Waals surface area (Å²) in [5, 5.41) is 14.1. The normalized spacial score (nSPS) is 15.6. The molecule has 1 heterocycles. The lowest BCUT2D eigenvalue weighted by Gasteiger charge is -2.32. The summed E-state index contributed by atoms with van der Waals surface area (Å²) in [4.78, 5) is 34.9. The third kappa shape index (κ3) is 7.53. The number of amides is 3. The monoisotopic (exact) mass is 299 g/mol. The maximum atomic E-state index is 11.9. The number of urea groups is 1. The molecule has 7 heteroatoms. The third-order valence-electron chi connectivity index (χ3n) is 3.64. The van der Waals surface area contributed by atoms with Gasteiger partial charge in [-0.05, 0) is 31.6 Å². The van der Waals surface area contributed by atoms with E-state index in [9.17, 15) is 14.4 Å². The molecule has 1 aliphatic rings. The molecule has 0 unspecified atom stereocenters. The second-order valence-electron chi connectivity index (χ2n) is 5.45. The molecule has 0 radical (unpaired) electrons. The minimum atomic E-state index is -0.803. The maximum absolute atomic E-state index is 11.9. The second kappa shape index (κ2) is 9.20. The van der Waals surface area contributed by atoms with Crippen molar-refractivity contribution in [3.05, 3.63) is 0 Å². The number of carbonyl (C=O) groups is 3. The van der Waals surface area contributed by atoms with Gasteiger partial charge in [0.2, 0.25) is 5.91 Å². The summed E-state index contributed by atoms with van der Waals surface area (Å²) in [5.74, 6) is -0.382. The van der Waals surface area contributed by atoms with Gasteiger partial charge < -0.3 is 20.6 Å². The minimum Gasteiger partial charge on any atom is -0.481 e. The number of likely N-dealkylation sites (tertiary alicyclic amines) is 1. The Hall–Kier alpha value is -1.79. The molecule has 0 aromatic carbocycles. The van der Waals surface area contributed by atoms with E-state index >= 15 is 0 Å². The molecule has 1 rings (SSSR count). The zero-order valence-electron chi connectivity index (χ0n) is 12.6. The fraction of sp³-hybridized carbons (Fsp3) is 0.786. The Morgan fingerprint density at radius 3 is 2.38 bits per heavy atom. The molecule has 3 amide bonds. The van der Waals surface area contributed by atoms with E-state index in [2.05, 4.69) is 10.6 Å². The highest BCUT2D eigenvalue weighted by atomic mass is 16.4. The Bertz CT molecular complexity index is 365. The van der Waals surface area contributed by atoms with Crippen LogP contribution in [-0.4, -0.2) is 54.1 Å². The number of hydrogen-bond acceptors (Lipinski definition) is 3. The molecule has 0 aliphatic carbocycles. The second-order valence-corrected chi connectivity index (χ2v) is 5.45. The predicted molar refractivity (Wildman–Crippen MR) is 77.9 cm³/mol. The van der Waals surface area contributed by atoms with Crippen molar-refractivity contribution in [1.82, 2.24) is 15.5 Å². The van der Waals surface area contributed by atoms with Gasteiger partial charge in [-0.3, -0.25) is 9.59 Å². The fourth-order valence-corrected chi connectivity index (χ4v) is 2.34. The number of carbonyl (C=O) groups excluding carboxylic acids is 2.